The summed E-state index contributed by atoms with van der Waals surface area (Å²) in [5.74, 6) is 0. The van der Waals surface area contributed by atoms with E-state index in [-0.39, 0.29) is 12.4 Å². The summed E-state index contributed by atoms with van der Waals surface area (Å²) in [5.41, 5.74) is 0. The second-order valence-electron chi connectivity index (χ2n) is 12.7. The maximum absolute atomic E-state index is 4.29. The molecule has 0 aliphatic carbocycles. The van der Waals surface area contributed by atoms with E-state index in [0.29, 0.717) is 0 Å². The Morgan fingerprint density at radius 1 is 0.282 bits per heavy atom. The molecule has 0 saturated heterocycles. The van der Waals surface area contributed by atoms with Crippen molar-refractivity contribution in [1.29, 1.82) is 0 Å². The summed E-state index contributed by atoms with van der Waals surface area (Å²) < 4.78 is 2.34. The Hall–Kier alpha value is -0.0400. The number of unbranched alkanes of at least 4 members (excludes halogenated alkanes) is 30. The molecular weight excluding hydrogens is 494 g/mol. The molecule has 0 amide bonds. The molecule has 236 valence electrons. The van der Waals surface area contributed by atoms with Crippen LogP contribution in [0.15, 0.2) is 0 Å². The third-order valence-corrected chi connectivity index (χ3v) is 8.66. The highest BCUT2D eigenvalue weighted by atomic mass is 35.5. The van der Waals surface area contributed by atoms with E-state index in [0.717, 1.165) is 0 Å². The van der Waals surface area contributed by atoms with Gasteiger partial charge in [0.2, 0.25) is 0 Å². The number of halogens is 1. The third-order valence-electron chi connectivity index (χ3n) is 8.66. The van der Waals surface area contributed by atoms with Crippen LogP contribution < -0.4 is 12.4 Å². The fraction of sp³-hybridized carbons (Fsp3) is 0.973. The Balaban J connectivity index is 0. The Morgan fingerprint density at radius 2 is 0.436 bits per heavy atom. The average Bonchev–Trinajstić information content (AvgIpc) is 2.92. The molecule has 39 heavy (non-hydrogen) atoms. The lowest BCUT2D eigenvalue weighted by atomic mass is 10.0. The number of nitrogens with zero attached hydrogens (tertiary/aromatic N) is 1. The highest BCUT2D eigenvalue weighted by molar-refractivity contribution is 5.14. The minimum Gasteiger partial charge on any atom is -1.00 e. The molecule has 1 nitrogen and oxygen atoms in total. The van der Waals surface area contributed by atoms with Crippen LogP contribution in [0.3, 0.4) is 0 Å². The van der Waals surface area contributed by atoms with E-state index < -0.39 is 0 Å². The maximum Gasteiger partial charge on any atom is 0.142 e. The SMILES string of the molecule is C=[N+](CCCCCCCCCCCCCCCCCC)CCCCCCCCCCCCCCCCCC.[Cl-]. The lowest BCUT2D eigenvalue weighted by Gasteiger charge is -2.05. The summed E-state index contributed by atoms with van der Waals surface area (Å²) in [4.78, 5) is 0. The molecule has 0 saturated carbocycles. The van der Waals surface area contributed by atoms with E-state index in [1.165, 1.54) is 219 Å². The summed E-state index contributed by atoms with van der Waals surface area (Å²) in [6, 6.07) is 0. The molecule has 0 atom stereocenters. The van der Waals surface area contributed by atoms with Gasteiger partial charge in [-0.2, -0.15) is 0 Å². The zero-order valence-electron chi connectivity index (χ0n) is 27.6. The number of hydrogen-bond acceptors (Lipinski definition) is 0. The van der Waals surface area contributed by atoms with Crippen LogP contribution >= 0.6 is 0 Å². The van der Waals surface area contributed by atoms with Crippen molar-refractivity contribution in [1.82, 2.24) is 0 Å². The Labute approximate surface area is 255 Å². The van der Waals surface area contributed by atoms with Crippen LogP contribution in [0, 0.1) is 0 Å². The van der Waals surface area contributed by atoms with E-state index in [9.17, 15) is 0 Å². The summed E-state index contributed by atoms with van der Waals surface area (Å²) in [6.07, 6.45) is 46.4. The highest BCUT2D eigenvalue weighted by Crippen LogP contribution is 2.15. The topological polar surface area (TPSA) is 3.01 Å². The van der Waals surface area contributed by atoms with E-state index >= 15 is 0 Å². The first kappa shape index (κ1) is 41.1. The van der Waals surface area contributed by atoms with E-state index in [4.69, 9.17) is 0 Å². The zero-order valence-corrected chi connectivity index (χ0v) is 28.3. The monoisotopic (exact) mass is 570 g/mol. The number of rotatable bonds is 34. The first-order valence-corrected chi connectivity index (χ1v) is 18.4. The third kappa shape index (κ3) is 38.0. The van der Waals surface area contributed by atoms with Gasteiger partial charge >= 0.3 is 0 Å². The van der Waals surface area contributed by atoms with Gasteiger partial charge in [-0.25, -0.2) is 4.58 Å². The second kappa shape index (κ2) is 38.0. The Kier molecular flexibility index (Phi) is 40.0. The van der Waals surface area contributed by atoms with E-state index in [1.54, 1.807) is 0 Å². The van der Waals surface area contributed by atoms with Crippen LogP contribution in [0.25, 0.3) is 0 Å². The molecule has 0 rings (SSSR count). The van der Waals surface area contributed by atoms with Gasteiger partial charge in [0.05, 0.1) is 0 Å². The predicted octanol–water partition coefficient (Wildman–Crippen LogP) is 10.2. The van der Waals surface area contributed by atoms with Gasteiger partial charge in [-0.15, -0.1) is 0 Å². The van der Waals surface area contributed by atoms with Gasteiger partial charge in [-0.3, -0.25) is 0 Å². The molecule has 0 aromatic carbocycles. The molecule has 0 spiro atoms. The van der Waals surface area contributed by atoms with Gasteiger partial charge in [0, 0.05) is 12.8 Å². The van der Waals surface area contributed by atoms with Gasteiger partial charge in [0.1, 0.15) is 19.8 Å². The van der Waals surface area contributed by atoms with Crippen molar-refractivity contribution < 1.29 is 17.0 Å². The van der Waals surface area contributed by atoms with Crippen LogP contribution in [-0.4, -0.2) is 24.4 Å². The molecule has 0 fully saturated rings. The standard InChI is InChI=1S/C37H76N.ClH/c1-4-6-8-10-12-14-16-18-20-22-24-26-28-30-32-34-36-38(3)37-35-33-31-29-27-25-23-21-19-17-15-13-11-9-7-5-2;/h3-37H2,1-2H3;1H/q+1;/p-1. The van der Waals surface area contributed by atoms with E-state index in [1.807, 2.05) is 0 Å². The molecule has 0 aliphatic heterocycles. The molecule has 2 heteroatoms. The summed E-state index contributed by atoms with van der Waals surface area (Å²) >= 11 is 0. The Morgan fingerprint density at radius 3 is 0.615 bits per heavy atom. The van der Waals surface area contributed by atoms with Gasteiger partial charge in [-0.1, -0.05) is 194 Å². The average molecular weight is 570 g/mol. The van der Waals surface area contributed by atoms with Crippen molar-refractivity contribution in [3.05, 3.63) is 0 Å². The zero-order chi connectivity index (χ0) is 27.6. The largest absolute Gasteiger partial charge is 1.00 e. The lowest BCUT2D eigenvalue weighted by molar-refractivity contribution is -0.520. The normalized spacial score (nSPS) is 11.1. The fourth-order valence-corrected chi connectivity index (χ4v) is 5.88. The molecule has 0 aromatic rings. The van der Waals surface area contributed by atoms with Crippen molar-refractivity contribution in [2.24, 2.45) is 0 Å². The lowest BCUT2D eigenvalue weighted by Crippen LogP contribution is -3.00. The van der Waals surface area contributed by atoms with Gasteiger partial charge < -0.3 is 12.4 Å². The molecule has 0 bridgehead atoms. The molecule has 0 aromatic heterocycles. The maximum atomic E-state index is 4.29. The van der Waals surface area contributed by atoms with E-state index in [2.05, 4.69) is 25.1 Å². The minimum atomic E-state index is 0. The van der Waals surface area contributed by atoms with Crippen molar-refractivity contribution in [3.63, 3.8) is 0 Å². The molecule has 0 unspecified atom stereocenters. The van der Waals surface area contributed by atoms with Gasteiger partial charge in [0.25, 0.3) is 0 Å². The van der Waals surface area contributed by atoms with Crippen molar-refractivity contribution in [3.8, 4) is 0 Å². The highest BCUT2D eigenvalue weighted by Gasteiger charge is 2.02. The summed E-state index contributed by atoms with van der Waals surface area (Å²) in [7, 11) is 0. The van der Waals surface area contributed by atoms with Crippen molar-refractivity contribution in [2.45, 2.75) is 219 Å². The van der Waals surface area contributed by atoms with Crippen LogP contribution in [0.2, 0.25) is 0 Å². The van der Waals surface area contributed by atoms with Gasteiger partial charge in [0.15, 0.2) is 0 Å². The summed E-state index contributed by atoms with van der Waals surface area (Å²) in [5, 5.41) is 0. The minimum absolute atomic E-state index is 0. The molecule has 0 aliphatic rings. The van der Waals surface area contributed by atoms with Crippen LogP contribution in [0.5, 0.6) is 0 Å². The van der Waals surface area contributed by atoms with Crippen molar-refractivity contribution >= 4 is 6.72 Å². The molecule has 0 radical (unpaired) electrons. The number of hydrogen-bond donors (Lipinski definition) is 0. The molecular formula is C37H76ClN. The van der Waals surface area contributed by atoms with Crippen LogP contribution in [0.4, 0.5) is 0 Å². The van der Waals surface area contributed by atoms with Crippen LogP contribution in [-0.2, 0) is 0 Å². The summed E-state index contributed by atoms with van der Waals surface area (Å²) in [6.45, 7) is 11.3. The molecule has 0 heterocycles. The second-order valence-corrected chi connectivity index (χ2v) is 12.7. The molecule has 0 N–H and O–H groups in total. The van der Waals surface area contributed by atoms with Gasteiger partial charge in [-0.05, 0) is 12.8 Å². The first-order valence-electron chi connectivity index (χ1n) is 18.4. The first-order chi connectivity index (χ1) is 18.8. The fourth-order valence-electron chi connectivity index (χ4n) is 5.88. The quantitative estimate of drug-likeness (QED) is 0.0412. The van der Waals surface area contributed by atoms with Crippen LogP contribution in [0.1, 0.15) is 219 Å². The predicted molar refractivity (Wildman–Crippen MR) is 176 cm³/mol. The smallest absolute Gasteiger partial charge is 0.142 e. The Bertz CT molecular complexity index is 397. The van der Waals surface area contributed by atoms with Crippen molar-refractivity contribution in [2.75, 3.05) is 13.1 Å².